The van der Waals surface area contributed by atoms with Crippen LogP contribution in [0, 0.1) is 11.3 Å². The number of rotatable bonds is 3. The fourth-order valence-electron chi connectivity index (χ4n) is 5.31. The fourth-order valence-corrected chi connectivity index (χ4v) is 5.31. The van der Waals surface area contributed by atoms with Gasteiger partial charge in [-0.05, 0) is 40.5 Å². The van der Waals surface area contributed by atoms with E-state index in [1.165, 1.54) is 27.8 Å². The van der Waals surface area contributed by atoms with Crippen molar-refractivity contribution in [2.45, 2.75) is 46.5 Å². The molecule has 0 saturated carbocycles. The molecule has 128 valence electrons. The lowest BCUT2D eigenvalue weighted by molar-refractivity contribution is 0.266. The minimum atomic E-state index is 0.135. The molecular formula is C25H28. The molecule has 0 spiro atoms. The summed E-state index contributed by atoms with van der Waals surface area (Å²) in [6, 6.07) is 17.9. The highest BCUT2D eigenvalue weighted by atomic mass is 14.5. The minimum absolute atomic E-state index is 0.135. The Bertz CT molecular complexity index is 876. The van der Waals surface area contributed by atoms with Gasteiger partial charge in [0.15, 0.2) is 0 Å². The van der Waals surface area contributed by atoms with E-state index in [0.29, 0.717) is 17.8 Å². The van der Waals surface area contributed by atoms with Crippen LogP contribution in [-0.4, -0.2) is 0 Å². The highest BCUT2D eigenvalue weighted by Crippen LogP contribution is 2.59. The van der Waals surface area contributed by atoms with Gasteiger partial charge in [0.05, 0.1) is 0 Å². The quantitative estimate of drug-likeness (QED) is 0.566. The van der Waals surface area contributed by atoms with Crippen LogP contribution in [0.3, 0.4) is 0 Å². The predicted octanol–water partition coefficient (Wildman–Crippen LogP) is 7.05. The highest BCUT2D eigenvalue weighted by Gasteiger charge is 2.46. The van der Waals surface area contributed by atoms with E-state index < -0.39 is 0 Å². The minimum Gasteiger partial charge on any atom is -0.0646 e. The second-order valence-corrected chi connectivity index (χ2v) is 8.63. The van der Waals surface area contributed by atoms with Crippen molar-refractivity contribution in [3.63, 3.8) is 0 Å². The van der Waals surface area contributed by atoms with E-state index in [2.05, 4.69) is 95.3 Å². The van der Waals surface area contributed by atoms with Crippen molar-refractivity contribution in [1.82, 2.24) is 0 Å². The third-order valence-electron chi connectivity index (χ3n) is 6.26. The van der Waals surface area contributed by atoms with Crippen LogP contribution in [0.4, 0.5) is 0 Å². The zero-order valence-electron chi connectivity index (χ0n) is 16.0. The van der Waals surface area contributed by atoms with Crippen LogP contribution in [0.25, 0.3) is 12.2 Å². The molecule has 4 rings (SSSR count). The molecule has 0 aliphatic heterocycles. The molecule has 0 aromatic heterocycles. The Labute approximate surface area is 152 Å². The molecule has 0 saturated heterocycles. The van der Waals surface area contributed by atoms with Crippen LogP contribution in [-0.2, 0) is 0 Å². The summed E-state index contributed by atoms with van der Waals surface area (Å²) < 4.78 is 0. The summed E-state index contributed by atoms with van der Waals surface area (Å²) >= 11 is 0. The number of hydrogen-bond acceptors (Lipinski definition) is 0. The third kappa shape index (κ3) is 2.42. The van der Waals surface area contributed by atoms with Gasteiger partial charge in [0.1, 0.15) is 0 Å². The van der Waals surface area contributed by atoms with Crippen LogP contribution < -0.4 is 0 Å². The molecule has 2 unspecified atom stereocenters. The molecule has 2 atom stereocenters. The lowest BCUT2D eigenvalue weighted by Gasteiger charge is -2.42. The molecule has 0 bridgehead atoms. The van der Waals surface area contributed by atoms with Crippen molar-refractivity contribution >= 4 is 12.2 Å². The standard InChI is InChI=1S/C25H28/c1-16(2)22-15-19-11-7-9-13-21(19)24(22)25(4,5)23-17(3)14-18-10-6-8-12-20(18)23/h6-16,23-24H,1-5H3. The first-order chi connectivity index (χ1) is 11.9. The van der Waals surface area contributed by atoms with Crippen molar-refractivity contribution in [3.8, 4) is 0 Å². The average Bonchev–Trinajstić information content (AvgIpc) is 3.12. The molecule has 2 aliphatic rings. The van der Waals surface area contributed by atoms with Crippen molar-refractivity contribution in [1.29, 1.82) is 0 Å². The first-order valence-corrected chi connectivity index (χ1v) is 9.48. The van der Waals surface area contributed by atoms with Gasteiger partial charge in [-0.1, -0.05) is 99.5 Å². The van der Waals surface area contributed by atoms with E-state index in [-0.39, 0.29) is 5.41 Å². The molecule has 0 radical (unpaired) electrons. The summed E-state index contributed by atoms with van der Waals surface area (Å²) in [6.07, 6.45) is 4.84. The normalized spacial score (nSPS) is 21.8. The summed E-state index contributed by atoms with van der Waals surface area (Å²) in [5, 5.41) is 0. The fraction of sp³-hybridized carbons (Fsp3) is 0.360. The summed E-state index contributed by atoms with van der Waals surface area (Å²) in [4.78, 5) is 0. The first-order valence-electron chi connectivity index (χ1n) is 9.48. The Morgan fingerprint density at radius 3 is 1.88 bits per heavy atom. The zero-order valence-corrected chi connectivity index (χ0v) is 16.0. The average molecular weight is 328 g/mol. The van der Waals surface area contributed by atoms with E-state index in [1.54, 1.807) is 5.57 Å². The topological polar surface area (TPSA) is 0 Å². The van der Waals surface area contributed by atoms with E-state index in [1.807, 2.05) is 0 Å². The summed E-state index contributed by atoms with van der Waals surface area (Å²) in [7, 11) is 0. The van der Waals surface area contributed by atoms with Crippen LogP contribution in [0.15, 0.2) is 59.7 Å². The van der Waals surface area contributed by atoms with Crippen LogP contribution in [0.5, 0.6) is 0 Å². The second-order valence-electron chi connectivity index (χ2n) is 8.63. The van der Waals surface area contributed by atoms with Gasteiger partial charge in [-0.2, -0.15) is 0 Å². The van der Waals surface area contributed by atoms with E-state index in [4.69, 9.17) is 0 Å². The summed E-state index contributed by atoms with van der Waals surface area (Å²) in [6.45, 7) is 11.9. The van der Waals surface area contributed by atoms with Crippen molar-refractivity contribution in [2.75, 3.05) is 0 Å². The molecule has 2 aromatic carbocycles. The van der Waals surface area contributed by atoms with Crippen LogP contribution in [0.2, 0.25) is 0 Å². The molecule has 0 heterocycles. The van der Waals surface area contributed by atoms with Crippen molar-refractivity contribution in [3.05, 3.63) is 81.9 Å². The molecule has 2 aliphatic carbocycles. The van der Waals surface area contributed by atoms with Crippen molar-refractivity contribution in [2.24, 2.45) is 11.3 Å². The Kier molecular flexibility index (Phi) is 3.76. The maximum Gasteiger partial charge on any atom is 0.0120 e. The van der Waals surface area contributed by atoms with Crippen molar-refractivity contribution < 1.29 is 0 Å². The summed E-state index contributed by atoms with van der Waals surface area (Å²) in [5.74, 6) is 1.52. The first kappa shape index (κ1) is 16.4. The SMILES string of the molecule is CC1=Cc2ccccc2C1C(C)(C)C1C(C(C)C)=Cc2ccccc21. The molecule has 0 N–H and O–H groups in total. The van der Waals surface area contributed by atoms with Crippen LogP contribution >= 0.6 is 0 Å². The lowest BCUT2D eigenvalue weighted by atomic mass is 9.61. The third-order valence-corrected chi connectivity index (χ3v) is 6.26. The summed E-state index contributed by atoms with van der Waals surface area (Å²) in [5.41, 5.74) is 9.04. The molecule has 25 heavy (non-hydrogen) atoms. The van der Waals surface area contributed by atoms with Gasteiger partial charge < -0.3 is 0 Å². The number of fused-ring (bicyclic) bond motifs is 2. The maximum absolute atomic E-state index is 2.47. The Morgan fingerprint density at radius 1 is 0.760 bits per heavy atom. The van der Waals surface area contributed by atoms with E-state index in [0.717, 1.165) is 0 Å². The molecule has 0 fully saturated rings. The Morgan fingerprint density at radius 2 is 1.28 bits per heavy atom. The number of allylic oxidation sites excluding steroid dienone is 2. The smallest absolute Gasteiger partial charge is 0.0120 e. The lowest BCUT2D eigenvalue weighted by Crippen LogP contribution is -2.31. The molecule has 0 amide bonds. The Hall–Kier alpha value is -2.08. The van der Waals surface area contributed by atoms with Gasteiger partial charge in [-0.15, -0.1) is 0 Å². The molecular weight excluding hydrogens is 300 g/mol. The largest absolute Gasteiger partial charge is 0.0646 e. The monoisotopic (exact) mass is 328 g/mol. The van der Waals surface area contributed by atoms with Gasteiger partial charge in [0, 0.05) is 11.8 Å². The zero-order chi connectivity index (χ0) is 17.8. The van der Waals surface area contributed by atoms with E-state index >= 15 is 0 Å². The van der Waals surface area contributed by atoms with Gasteiger partial charge in [0.2, 0.25) is 0 Å². The number of hydrogen-bond donors (Lipinski definition) is 0. The van der Waals surface area contributed by atoms with Gasteiger partial charge in [-0.3, -0.25) is 0 Å². The Balaban J connectivity index is 1.85. The molecule has 2 aromatic rings. The van der Waals surface area contributed by atoms with Crippen LogP contribution in [0.1, 0.15) is 68.7 Å². The maximum atomic E-state index is 2.47. The highest BCUT2D eigenvalue weighted by molar-refractivity contribution is 5.70. The van der Waals surface area contributed by atoms with Gasteiger partial charge >= 0.3 is 0 Å². The van der Waals surface area contributed by atoms with Gasteiger partial charge in [0.25, 0.3) is 0 Å². The number of benzene rings is 2. The molecule has 0 heteroatoms. The predicted molar refractivity (Wildman–Crippen MR) is 109 cm³/mol. The second kappa shape index (κ2) is 5.73. The van der Waals surface area contributed by atoms with Gasteiger partial charge in [-0.25, -0.2) is 0 Å². The van der Waals surface area contributed by atoms with E-state index in [9.17, 15) is 0 Å². The molecule has 0 nitrogen and oxygen atoms in total.